The van der Waals surface area contributed by atoms with Crippen LogP contribution in [-0.4, -0.2) is 49.9 Å². The van der Waals surface area contributed by atoms with E-state index < -0.39 is 11.9 Å². The van der Waals surface area contributed by atoms with Gasteiger partial charge in [0.15, 0.2) is 5.75 Å². The van der Waals surface area contributed by atoms with Gasteiger partial charge in [0.05, 0.1) is 52.6 Å². The van der Waals surface area contributed by atoms with Crippen molar-refractivity contribution in [3.63, 3.8) is 0 Å². The molecule has 0 aromatic carbocycles. The van der Waals surface area contributed by atoms with E-state index in [2.05, 4.69) is 31.8 Å². The topological polar surface area (TPSA) is 157 Å². The first kappa shape index (κ1) is 25.4. The van der Waals surface area contributed by atoms with Crippen LogP contribution in [0.3, 0.4) is 0 Å². The minimum atomic E-state index is -0.649. The fraction of sp³-hybridized carbons (Fsp3) is 0.222. The van der Waals surface area contributed by atoms with Gasteiger partial charge in [-0.1, -0.05) is 6.58 Å². The zero-order valence-corrected chi connectivity index (χ0v) is 22.2. The van der Waals surface area contributed by atoms with E-state index in [0.29, 0.717) is 57.4 Å². The third-order valence-corrected chi connectivity index (χ3v) is 8.11. The van der Waals surface area contributed by atoms with Crippen LogP contribution in [-0.2, 0) is 4.79 Å². The first-order valence-corrected chi connectivity index (χ1v) is 13.4. The zero-order chi connectivity index (χ0) is 28.0. The summed E-state index contributed by atoms with van der Waals surface area (Å²) in [4.78, 5) is 60.2. The van der Waals surface area contributed by atoms with Crippen LogP contribution in [0.15, 0.2) is 55.8 Å². The number of ether oxygens (including phenoxy) is 1. The Kier molecular flexibility index (Phi) is 6.34. The molecule has 5 heterocycles. The number of carbonyl (C=O) groups is 3. The summed E-state index contributed by atoms with van der Waals surface area (Å²) in [6.45, 7) is 5.33. The molecule has 4 aromatic heterocycles. The largest absolute Gasteiger partial charge is 0.436 e. The number of rotatable bonds is 7. The maximum atomic E-state index is 14.5. The maximum Gasteiger partial charge on any atom is 0.334 e. The predicted molar refractivity (Wildman–Crippen MR) is 149 cm³/mol. The van der Waals surface area contributed by atoms with E-state index in [0.717, 1.165) is 17.8 Å². The molecular formula is C27H24N8O4S. The number of aryl methyl sites for hydroxylation is 1. The van der Waals surface area contributed by atoms with Crippen molar-refractivity contribution in [2.45, 2.75) is 38.3 Å². The molecule has 6 rings (SSSR count). The summed E-state index contributed by atoms with van der Waals surface area (Å²) in [5, 5.41) is 3.59. The Morgan fingerprint density at radius 3 is 2.73 bits per heavy atom. The van der Waals surface area contributed by atoms with Gasteiger partial charge in [-0.05, 0) is 44.4 Å². The smallest absolute Gasteiger partial charge is 0.334 e. The first-order chi connectivity index (χ1) is 19.4. The van der Waals surface area contributed by atoms with Crippen LogP contribution in [0.4, 0.5) is 21.9 Å². The summed E-state index contributed by atoms with van der Waals surface area (Å²) in [6.07, 6.45) is 9.32. The van der Waals surface area contributed by atoms with E-state index in [-0.39, 0.29) is 22.9 Å². The van der Waals surface area contributed by atoms with Crippen LogP contribution >= 0.6 is 11.3 Å². The molecule has 1 aliphatic carbocycles. The Balaban J connectivity index is 1.49. The number of aromatic nitrogens is 4. The number of hydrogen-bond donors (Lipinski definition) is 2. The molecule has 0 radical (unpaired) electrons. The molecule has 0 bridgehead atoms. The highest BCUT2D eigenvalue weighted by atomic mass is 32.1. The zero-order valence-electron chi connectivity index (χ0n) is 21.4. The SMILES string of the molecule is C=CC(=O)N[C@H]1CCC[C@H]1N1C(=O)N(c2ccc(Oc3cncnc3)nc2C)c2ccnc3sc(C(N)=O)c1c23. The van der Waals surface area contributed by atoms with Gasteiger partial charge in [-0.25, -0.2) is 24.7 Å². The van der Waals surface area contributed by atoms with E-state index in [1.807, 2.05) is 0 Å². The third kappa shape index (κ3) is 4.20. The lowest BCUT2D eigenvalue weighted by Crippen LogP contribution is -2.55. The molecule has 1 aliphatic heterocycles. The van der Waals surface area contributed by atoms with E-state index >= 15 is 0 Å². The molecule has 1 saturated carbocycles. The van der Waals surface area contributed by atoms with Crippen molar-refractivity contribution in [2.24, 2.45) is 5.73 Å². The molecule has 3 N–H and O–H groups in total. The molecule has 202 valence electrons. The molecule has 2 aliphatic rings. The first-order valence-electron chi connectivity index (χ1n) is 12.6. The normalized spacial score (nSPS) is 18.2. The fourth-order valence-electron chi connectivity index (χ4n) is 5.36. The highest BCUT2D eigenvalue weighted by molar-refractivity contribution is 7.21. The number of pyridine rings is 2. The number of urea groups is 1. The van der Waals surface area contributed by atoms with Crippen molar-refractivity contribution in [3.05, 3.63) is 66.3 Å². The van der Waals surface area contributed by atoms with Crippen LogP contribution in [0.5, 0.6) is 11.6 Å². The Morgan fingerprint density at radius 2 is 2.00 bits per heavy atom. The number of thiophene rings is 1. The van der Waals surface area contributed by atoms with Crippen molar-refractivity contribution >= 4 is 56.5 Å². The minimum Gasteiger partial charge on any atom is -0.436 e. The highest BCUT2D eigenvalue weighted by Crippen LogP contribution is 2.50. The molecule has 0 saturated heterocycles. The maximum absolute atomic E-state index is 14.5. The Bertz CT molecular complexity index is 1670. The Hall–Kier alpha value is -4.91. The van der Waals surface area contributed by atoms with Gasteiger partial charge in [0.1, 0.15) is 16.0 Å². The summed E-state index contributed by atoms with van der Waals surface area (Å²) in [5.74, 6) is -0.240. The molecule has 1 fully saturated rings. The third-order valence-electron chi connectivity index (χ3n) is 7.00. The molecule has 40 heavy (non-hydrogen) atoms. The summed E-state index contributed by atoms with van der Waals surface area (Å²) >= 11 is 1.14. The second-order valence-electron chi connectivity index (χ2n) is 9.39. The number of primary amides is 1. The van der Waals surface area contributed by atoms with Crippen molar-refractivity contribution in [1.29, 1.82) is 0 Å². The standard InChI is InChI=1S/C27H24N8O4S/c1-3-20(36)33-16-5-4-6-18(16)35-23-22-19(9-10-31-26(22)40-24(23)25(28)37)34(27(35)38)17-7-8-21(32-14(17)2)39-15-11-29-13-30-12-15/h3,7-13,16,18H,1,4-6H2,2H3,(H2,28,37)(H,33,36)/t16-,18+/m0/s1. The fourth-order valence-corrected chi connectivity index (χ4v) is 6.37. The van der Waals surface area contributed by atoms with Crippen LogP contribution in [0.2, 0.25) is 0 Å². The second-order valence-corrected chi connectivity index (χ2v) is 10.4. The minimum absolute atomic E-state index is 0.243. The number of carbonyl (C=O) groups excluding carboxylic acids is 3. The van der Waals surface area contributed by atoms with Gasteiger partial charge in [0.2, 0.25) is 11.8 Å². The molecule has 0 unspecified atom stereocenters. The van der Waals surface area contributed by atoms with E-state index in [4.69, 9.17) is 10.5 Å². The number of hydrogen-bond acceptors (Lipinski definition) is 9. The second kappa shape index (κ2) is 10.0. The average molecular weight is 557 g/mol. The molecule has 0 spiro atoms. The lowest BCUT2D eigenvalue weighted by molar-refractivity contribution is -0.117. The van der Waals surface area contributed by atoms with Crippen molar-refractivity contribution in [3.8, 4) is 11.6 Å². The summed E-state index contributed by atoms with van der Waals surface area (Å²) in [7, 11) is 0. The van der Waals surface area contributed by atoms with Gasteiger partial charge in [-0.2, -0.15) is 0 Å². The quantitative estimate of drug-likeness (QED) is 0.324. The molecular weight excluding hydrogens is 532 g/mol. The summed E-state index contributed by atoms with van der Waals surface area (Å²) in [5.41, 5.74) is 7.85. The van der Waals surface area contributed by atoms with Crippen molar-refractivity contribution in [2.75, 3.05) is 9.80 Å². The van der Waals surface area contributed by atoms with E-state index in [1.54, 1.807) is 41.1 Å². The van der Waals surface area contributed by atoms with Gasteiger partial charge in [0.25, 0.3) is 5.91 Å². The molecule has 2 atom stereocenters. The number of nitrogens with two attached hydrogens (primary N) is 1. The number of nitrogens with one attached hydrogen (secondary N) is 1. The lowest BCUT2D eigenvalue weighted by atomic mass is 10.0. The average Bonchev–Trinajstić information content (AvgIpc) is 3.56. The summed E-state index contributed by atoms with van der Waals surface area (Å²) in [6, 6.07) is 3.99. The van der Waals surface area contributed by atoms with Gasteiger partial charge >= 0.3 is 6.03 Å². The van der Waals surface area contributed by atoms with Gasteiger partial charge in [-0.15, -0.1) is 11.3 Å². The lowest BCUT2D eigenvalue weighted by Gasteiger charge is -2.41. The monoisotopic (exact) mass is 556 g/mol. The van der Waals surface area contributed by atoms with E-state index in [1.165, 1.54) is 24.8 Å². The molecule has 12 nitrogen and oxygen atoms in total. The predicted octanol–water partition coefficient (Wildman–Crippen LogP) is 3.98. The highest BCUT2D eigenvalue weighted by Gasteiger charge is 2.45. The molecule has 13 heteroatoms. The Labute approximate surface area is 232 Å². The van der Waals surface area contributed by atoms with Crippen molar-refractivity contribution in [1.82, 2.24) is 25.3 Å². The number of amides is 4. The van der Waals surface area contributed by atoms with Gasteiger partial charge in [-0.3, -0.25) is 19.4 Å². The number of anilines is 3. The van der Waals surface area contributed by atoms with Crippen LogP contribution in [0, 0.1) is 6.92 Å². The van der Waals surface area contributed by atoms with Gasteiger partial charge in [0, 0.05) is 12.3 Å². The van der Waals surface area contributed by atoms with Gasteiger partial charge < -0.3 is 15.8 Å². The summed E-state index contributed by atoms with van der Waals surface area (Å²) < 4.78 is 5.78. The van der Waals surface area contributed by atoms with E-state index in [9.17, 15) is 14.4 Å². The molecule has 4 aromatic rings. The van der Waals surface area contributed by atoms with Crippen LogP contribution in [0.25, 0.3) is 10.2 Å². The van der Waals surface area contributed by atoms with Crippen molar-refractivity contribution < 1.29 is 19.1 Å². The number of nitrogens with zero attached hydrogens (tertiary/aromatic N) is 6. The Morgan fingerprint density at radius 1 is 1.20 bits per heavy atom. The van der Waals surface area contributed by atoms with Crippen LogP contribution in [0.1, 0.15) is 34.6 Å². The van der Waals surface area contributed by atoms with Crippen LogP contribution < -0.4 is 25.6 Å². The molecule has 4 amide bonds.